The minimum absolute atomic E-state index is 0.0389. The molecule has 3 aromatic carbocycles. The minimum atomic E-state index is -0.699. The zero-order chi connectivity index (χ0) is 27.7. The second-order valence-corrected chi connectivity index (χ2v) is 9.85. The van der Waals surface area contributed by atoms with Crippen LogP contribution in [0, 0.1) is 6.92 Å². The third-order valence-corrected chi connectivity index (χ3v) is 7.21. The van der Waals surface area contributed by atoms with Crippen molar-refractivity contribution in [3.05, 3.63) is 97.9 Å². The smallest absolute Gasteiger partial charge is 0.291 e. The summed E-state index contributed by atoms with van der Waals surface area (Å²) < 4.78 is 23.2. The normalized spacial score (nSPS) is 14.5. The number of hydrogen-bond donors (Lipinski definition) is 0. The van der Waals surface area contributed by atoms with E-state index in [-0.39, 0.29) is 29.2 Å². The molecule has 1 amide bonds. The number of fused-ring (bicyclic) bond motifs is 2. The lowest BCUT2D eigenvalue weighted by Gasteiger charge is -2.26. The molecule has 1 aliphatic heterocycles. The van der Waals surface area contributed by atoms with Crippen molar-refractivity contribution in [2.24, 2.45) is 0 Å². The Morgan fingerprint density at radius 3 is 2.44 bits per heavy atom. The fourth-order valence-corrected chi connectivity index (χ4v) is 5.04. The Bertz CT molecular complexity index is 1590. The Morgan fingerprint density at radius 2 is 1.74 bits per heavy atom. The van der Waals surface area contributed by atoms with E-state index in [9.17, 15) is 9.59 Å². The first-order valence-electron chi connectivity index (χ1n) is 13.0. The van der Waals surface area contributed by atoms with E-state index in [1.807, 2.05) is 63.2 Å². The van der Waals surface area contributed by atoms with Crippen LogP contribution in [-0.2, 0) is 6.54 Å². The number of methoxy groups -OCH3 is 1. The largest absolute Gasteiger partial charge is 0.497 e. The second kappa shape index (κ2) is 11.0. The van der Waals surface area contributed by atoms with Gasteiger partial charge in [-0.1, -0.05) is 36.7 Å². The highest BCUT2D eigenvalue weighted by Crippen LogP contribution is 2.42. The Morgan fingerprint density at radius 1 is 0.974 bits per heavy atom. The van der Waals surface area contributed by atoms with Crippen LogP contribution >= 0.6 is 11.6 Å². The van der Waals surface area contributed by atoms with Gasteiger partial charge in [-0.25, -0.2) is 0 Å². The van der Waals surface area contributed by atoms with E-state index < -0.39 is 6.04 Å². The Hall–Kier alpha value is -3.97. The van der Waals surface area contributed by atoms with Crippen molar-refractivity contribution in [1.82, 2.24) is 4.90 Å². The van der Waals surface area contributed by atoms with Crippen LogP contribution in [0.1, 0.15) is 59.1 Å². The summed E-state index contributed by atoms with van der Waals surface area (Å²) >= 11 is 6.37. The molecule has 0 spiro atoms. The monoisotopic (exact) mass is 547 g/mol. The van der Waals surface area contributed by atoms with Gasteiger partial charge in [0, 0.05) is 11.6 Å². The van der Waals surface area contributed by atoms with Crippen LogP contribution in [0.3, 0.4) is 0 Å². The first kappa shape index (κ1) is 26.6. The van der Waals surface area contributed by atoms with Crippen molar-refractivity contribution in [2.45, 2.75) is 39.8 Å². The van der Waals surface area contributed by atoms with E-state index in [1.54, 1.807) is 24.1 Å². The van der Waals surface area contributed by atoms with Crippen molar-refractivity contribution < 1.29 is 23.4 Å². The quantitative estimate of drug-likeness (QED) is 0.232. The number of hydrogen-bond acceptors (Lipinski definition) is 6. The Balaban J connectivity index is 1.68. The summed E-state index contributed by atoms with van der Waals surface area (Å²) in [6.45, 7) is 6.99. The maximum absolute atomic E-state index is 13.9. The predicted molar refractivity (Wildman–Crippen MR) is 150 cm³/mol. The third-order valence-electron chi connectivity index (χ3n) is 6.80. The summed E-state index contributed by atoms with van der Waals surface area (Å²) in [6.07, 6.45) is 0.851. The first-order chi connectivity index (χ1) is 18.9. The van der Waals surface area contributed by atoms with E-state index >= 15 is 0 Å². The van der Waals surface area contributed by atoms with Crippen LogP contribution in [0.25, 0.3) is 11.0 Å². The van der Waals surface area contributed by atoms with Crippen LogP contribution < -0.4 is 19.6 Å². The van der Waals surface area contributed by atoms with Gasteiger partial charge >= 0.3 is 0 Å². The summed E-state index contributed by atoms with van der Waals surface area (Å²) in [6, 6.07) is 15.6. The molecule has 1 atom stereocenters. The third kappa shape index (κ3) is 4.94. The highest BCUT2D eigenvalue weighted by Gasteiger charge is 2.43. The maximum atomic E-state index is 13.9. The molecule has 0 bridgehead atoms. The molecule has 1 aliphatic rings. The summed E-state index contributed by atoms with van der Waals surface area (Å²) in [4.78, 5) is 29.5. The number of aryl methyl sites for hydroxylation is 1. The summed E-state index contributed by atoms with van der Waals surface area (Å²) in [5.74, 6) is 1.56. The molecule has 1 aromatic heterocycles. The minimum Gasteiger partial charge on any atom is -0.497 e. The molecule has 2 heterocycles. The molecule has 0 fully saturated rings. The number of carbonyl (C=O) groups excluding carboxylic acids is 1. The average molecular weight is 548 g/mol. The van der Waals surface area contributed by atoms with Crippen LogP contribution in [0.15, 0.2) is 63.8 Å². The average Bonchev–Trinajstić information content (AvgIpc) is 3.21. The number of rotatable bonds is 9. The molecule has 4 aromatic rings. The van der Waals surface area contributed by atoms with E-state index in [2.05, 4.69) is 0 Å². The van der Waals surface area contributed by atoms with Gasteiger partial charge in [-0.3, -0.25) is 9.59 Å². The van der Waals surface area contributed by atoms with Crippen molar-refractivity contribution in [3.63, 3.8) is 0 Å². The number of benzene rings is 3. The van der Waals surface area contributed by atoms with Crippen molar-refractivity contribution in [3.8, 4) is 17.2 Å². The van der Waals surface area contributed by atoms with Gasteiger partial charge in [0.25, 0.3) is 5.91 Å². The number of amides is 1. The van der Waals surface area contributed by atoms with Gasteiger partial charge in [-0.15, -0.1) is 0 Å². The van der Waals surface area contributed by atoms with E-state index in [1.165, 1.54) is 0 Å². The lowest BCUT2D eigenvalue weighted by Crippen LogP contribution is -2.29. The molecule has 39 heavy (non-hydrogen) atoms. The summed E-state index contributed by atoms with van der Waals surface area (Å²) in [5, 5.41) is 0.795. The fraction of sp³-hybridized carbons (Fsp3) is 0.290. The van der Waals surface area contributed by atoms with E-state index in [0.717, 1.165) is 17.5 Å². The zero-order valence-electron chi connectivity index (χ0n) is 22.4. The zero-order valence-corrected chi connectivity index (χ0v) is 23.1. The molecular formula is C31H30ClNO6. The van der Waals surface area contributed by atoms with Crippen molar-refractivity contribution >= 4 is 28.5 Å². The van der Waals surface area contributed by atoms with Gasteiger partial charge in [-0.05, 0) is 73.4 Å². The molecule has 7 nitrogen and oxygen atoms in total. The molecule has 0 radical (unpaired) electrons. The lowest BCUT2D eigenvalue weighted by molar-refractivity contribution is 0.0714. The lowest BCUT2D eigenvalue weighted by atomic mass is 9.97. The molecule has 0 saturated heterocycles. The molecule has 8 heteroatoms. The van der Waals surface area contributed by atoms with Crippen molar-refractivity contribution in [1.29, 1.82) is 0 Å². The van der Waals surface area contributed by atoms with Gasteiger partial charge in [-0.2, -0.15) is 0 Å². The molecule has 202 valence electrons. The Labute approximate surface area is 231 Å². The second-order valence-electron chi connectivity index (χ2n) is 9.44. The number of carbonyl (C=O) groups is 1. The molecule has 5 rings (SSSR count). The predicted octanol–water partition coefficient (Wildman–Crippen LogP) is 6.70. The Kier molecular flexibility index (Phi) is 7.53. The van der Waals surface area contributed by atoms with Gasteiger partial charge in [0.2, 0.25) is 5.76 Å². The molecule has 0 aliphatic carbocycles. The highest BCUT2D eigenvalue weighted by molar-refractivity contribution is 6.32. The van der Waals surface area contributed by atoms with Crippen molar-refractivity contribution in [2.75, 3.05) is 20.3 Å². The molecule has 1 unspecified atom stereocenters. The summed E-state index contributed by atoms with van der Waals surface area (Å²) in [7, 11) is 1.60. The van der Waals surface area contributed by atoms with E-state index in [4.69, 9.17) is 30.2 Å². The SMILES string of the molecule is CCCOc1ccc(C2c3c(oc4cc(C)c(Cl)cc4c3=O)C(=O)N2Cc2ccc(OC)cc2)cc1OCC. The number of ether oxygens (including phenoxy) is 3. The van der Waals surface area contributed by atoms with Gasteiger partial charge < -0.3 is 23.5 Å². The molecule has 0 N–H and O–H groups in total. The standard InChI is InChI=1S/C31H30ClNO6/c1-5-13-38-24-12-9-20(15-26(24)37-6-2)28-27-29(34)22-16-23(32)18(3)14-25(22)39-30(27)31(35)33(28)17-19-7-10-21(36-4)11-8-19/h7-12,14-16,28H,5-6,13,17H2,1-4H3. The fourth-order valence-electron chi connectivity index (χ4n) is 4.87. The van der Waals surface area contributed by atoms with Gasteiger partial charge in [0.1, 0.15) is 11.3 Å². The topological polar surface area (TPSA) is 78.2 Å². The maximum Gasteiger partial charge on any atom is 0.291 e. The molecule has 0 saturated carbocycles. The van der Waals surface area contributed by atoms with Gasteiger partial charge in [0.05, 0.1) is 37.3 Å². The van der Waals surface area contributed by atoms with E-state index in [0.29, 0.717) is 52.0 Å². The van der Waals surface area contributed by atoms with Crippen LogP contribution in [0.4, 0.5) is 0 Å². The van der Waals surface area contributed by atoms with Crippen LogP contribution in [0.5, 0.6) is 17.2 Å². The highest BCUT2D eigenvalue weighted by atomic mass is 35.5. The molecular weight excluding hydrogens is 518 g/mol. The van der Waals surface area contributed by atoms with Crippen LogP contribution in [-0.4, -0.2) is 31.1 Å². The summed E-state index contributed by atoms with van der Waals surface area (Å²) in [5.41, 5.74) is 2.68. The number of halogens is 1. The number of nitrogens with zero attached hydrogens (tertiary/aromatic N) is 1. The first-order valence-corrected chi connectivity index (χ1v) is 13.3. The van der Waals surface area contributed by atoms with Crippen LogP contribution in [0.2, 0.25) is 5.02 Å². The van der Waals surface area contributed by atoms with Gasteiger partial charge in [0.15, 0.2) is 16.9 Å².